The molecular weight excluding hydrogens is 254 g/mol. The van der Waals surface area contributed by atoms with E-state index < -0.39 is 5.92 Å². The van der Waals surface area contributed by atoms with Crippen LogP contribution in [0.1, 0.15) is 35.7 Å². The van der Waals surface area contributed by atoms with Gasteiger partial charge >= 0.3 is 5.97 Å². The van der Waals surface area contributed by atoms with E-state index in [1.807, 2.05) is 18.2 Å². The fraction of sp³-hybridized carbons (Fsp3) is 0.500. The van der Waals surface area contributed by atoms with Gasteiger partial charge in [0.2, 0.25) is 0 Å². The van der Waals surface area contributed by atoms with Crippen molar-refractivity contribution in [2.45, 2.75) is 26.2 Å². The summed E-state index contributed by atoms with van der Waals surface area (Å²) in [4.78, 5) is 25.8. The number of carbonyl (C=O) groups excluding carboxylic acids is 2. The van der Waals surface area contributed by atoms with E-state index in [1.165, 1.54) is 18.4 Å². The standard InChI is InChI=1S/C16H21NO3/c1-11(16(19)20-3)9-15(18)13-6-7-14-12(10-13)5-4-8-17(14)2/h6-7,10-11H,4-5,8-9H2,1-3H3. The Bertz CT molecular complexity index is 524. The zero-order chi connectivity index (χ0) is 14.7. The van der Waals surface area contributed by atoms with Gasteiger partial charge in [0.25, 0.3) is 0 Å². The van der Waals surface area contributed by atoms with Crippen molar-refractivity contribution < 1.29 is 14.3 Å². The van der Waals surface area contributed by atoms with Crippen molar-refractivity contribution in [3.63, 3.8) is 0 Å². The Hall–Kier alpha value is -1.84. The molecule has 0 aliphatic carbocycles. The lowest BCUT2D eigenvalue weighted by molar-refractivity contribution is -0.144. The number of anilines is 1. The number of hydrogen-bond acceptors (Lipinski definition) is 4. The van der Waals surface area contributed by atoms with Gasteiger partial charge < -0.3 is 9.64 Å². The van der Waals surface area contributed by atoms with Crippen LogP contribution < -0.4 is 4.90 Å². The van der Waals surface area contributed by atoms with Crippen LogP contribution >= 0.6 is 0 Å². The van der Waals surface area contributed by atoms with Crippen molar-refractivity contribution in [1.29, 1.82) is 0 Å². The van der Waals surface area contributed by atoms with Crippen LogP contribution in [0, 0.1) is 5.92 Å². The average Bonchev–Trinajstić information content (AvgIpc) is 2.46. The quantitative estimate of drug-likeness (QED) is 0.625. The Labute approximate surface area is 119 Å². The first-order valence-electron chi connectivity index (χ1n) is 6.98. The van der Waals surface area contributed by atoms with Gasteiger partial charge in [-0.15, -0.1) is 0 Å². The fourth-order valence-electron chi connectivity index (χ4n) is 2.64. The monoisotopic (exact) mass is 275 g/mol. The highest BCUT2D eigenvalue weighted by Crippen LogP contribution is 2.27. The smallest absolute Gasteiger partial charge is 0.308 e. The third kappa shape index (κ3) is 3.00. The van der Waals surface area contributed by atoms with Crippen LogP contribution in [0.25, 0.3) is 0 Å². The Morgan fingerprint density at radius 2 is 2.15 bits per heavy atom. The van der Waals surface area contributed by atoms with Crippen LogP contribution in [0.2, 0.25) is 0 Å². The highest BCUT2D eigenvalue weighted by molar-refractivity contribution is 5.98. The predicted molar refractivity (Wildman–Crippen MR) is 78.2 cm³/mol. The van der Waals surface area contributed by atoms with E-state index in [-0.39, 0.29) is 18.2 Å². The number of Topliss-reactive ketones (excluding diaryl/α,β-unsaturated/α-hetero) is 1. The SMILES string of the molecule is COC(=O)C(C)CC(=O)c1ccc2c(c1)CCCN2C. The van der Waals surface area contributed by atoms with Crippen molar-refractivity contribution in [3.8, 4) is 0 Å². The van der Waals surface area contributed by atoms with Crippen molar-refractivity contribution in [1.82, 2.24) is 0 Å². The zero-order valence-electron chi connectivity index (χ0n) is 12.3. The number of fused-ring (bicyclic) bond motifs is 1. The molecule has 0 radical (unpaired) electrons. The van der Waals surface area contributed by atoms with E-state index in [0.29, 0.717) is 5.56 Å². The molecule has 108 valence electrons. The average molecular weight is 275 g/mol. The summed E-state index contributed by atoms with van der Waals surface area (Å²) in [7, 11) is 3.41. The second-order valence-corrected chi connectivity index (χ2v) is 5.42. The van der Waals surface area contributed by atoms with Crippen LogP contribution in [0.5, 0.6) is 0 Å². The van der Waals surface area contributed by atoms with E-state index in [9.17, 15) is 9.59 Å². The predicted octanol–water partition coefficient (Wildman–Crippen LogP) is 2.45. The minimum atomic E-state index is -0.397. The van der Waals surface area contributed by atoms with Crippen LogP contribution in [-0.4, -0.2) is 32.5 Å². The summed E-state index contributed by atoms with van der Waals surface area (Å²) in [6.07, 6.45) is 2.31. The van der Waals surface area contributed by atoms with Gasteiger partial charge in [0.1, 0.15) is 0 Å². The molecule has 0 saturated carbocycles. The van der Waals surface area contributed by atoms with Gasteiger partial charge in [0.15, 0.2) is 5.78 Å². The van der Waals surface area contributed by atoms with E-state index in [2.05, 4.69) is 16.7 Å². The molecule has 2 rings (SSSR count). The molecule has 1 unspecified atom stereocenters. The zero-order valence-corrected chi connectivity index (χ0v) is 12.3. The molecule has 4 heteroatoms. The Kier molecular flexibility index (Phi) is 4.42. The lowest BCUT2D eigenvalue weighted by atomic mass is 9.95. The minimum Gasteiger partial charge on any atom is -0.469 e. The maximum absolute atomic E-state index is 12.2. The number of carbonyl (C=O) groups is 2. The van der Waals surface area contributed by atoms with Gasteiger partial charge in [-0.1, -0.05) is 6.92 Å². The fourth-order valence-corrected chi connectivity index (χ4v) is 2.64. The van der Waals surface area contributed by atoms with Crippen LogP contribution in [0.4, 0.5) is 5.69 Å². The molecule has 20 heavy (non-hydrogen) atoms. The summed E-state index contributed by atoms with van der Waals surface area (Å²) in [6.45, 7) is 2.77. The van der Waals surface area contributed by atoms with Gasteiger partial charge in [-0.25, -0.2) is 0 Å². The number of benzene rings is 1. The molecule has 1 aliphatic heterocycles. The Morgan fingerprint density at radius 1 is 1.40 bits per heavy atom. The van der Waals surface area contributed by atoms with Crippen LogP contribution in [0.3, 0.4) is 0 Å². The maximum Gasteiger partial charge on any atom is 0.308 e. The molecule has 0 amide bonds. The summed E-state index contributed by atoms with van der Waals surface area (Å²) in [5.41, 5.74) is 3.11. The topological polar surface area (TPSA) is 46.6 Å². The summed E-state index contributed by atoms with van der Waals surface area (Å²) < 4.78 is 4.66. The van der Waals surface area contributed by atoms with Gasteiger partial charge in [-0.05, 0) is 36.6 Å². The molecular formula is C16H21NO3. The van der Waals surface area contributed by atoms with Crippen molar-refractivity contribution in [2.75, 3.05) is 25.6 Å². The van der Waals surface area contributed by atoms with E-state index >= 15 is 0 Å². The number of nitrogens with zero attached hydrogens (tertiary/aromatic N) is 1. The summed E-state index contributed by atoms with van der Waals surface area (Å²) in [5.74, 6) is -0.735. The second kappa shape index (κ2) is 6.07. The molecule has 1 atom stereocenters. The van der Waals surface area contributed by atoms with Gasteiger partial charge in [-0.3, -0.25) is 9.59 Å². The van der Waals surface area contributed by atoms with Crippen molar-refractivity contribution in [3.05, 3.63) is 29.3 Å². The molecule has 1 aromatic carbocycles. The van der Waals surface area contributed by atoms with Gasteiger partial charge in [-0.2, -0.15) is 0 Å². The molecule has 1 heterocycles. The number of ether oxygens (including phenoxy) is 1. The maximum atomic E-state index is 12.2. The number of hydrogen-bond donors (Lipinski definition) is 0. The Balaban J connectivity index is 2.13. The number of ketones is 1. The highest BCUT2D eigenvalue weighted by atomic mass is 16.5. The summed E-state index contributed by atoms with van der Waals surface area (Å²) >= 11 is 0. The molecule has 4 nitrogen and oxygen atoms in total. The highest BCUT2D eigenvalue weighted by Gasteiger charge is 2.20. The first-order valence-corrected chi connectivity index (χ1v) is 6.98. The molecule has 0 aromatic heterocycles. The number of aryl methyl sites for hydroxylation is 1. The van der Waals surface area contributed by atoms with Crippen molar-refractivity contribution >= 4 is 17.4 Å². The van der Waals surface area contributed by atoms with E-state index in [4.69, 9.17) is 0 Å². The summed E-state index contributed by atoms with van der Waals surface area (Å²) in [5, 5.41) is 0. The van der Waals surface area contributed by atoms with Crippen LogP contribution in [-0.2, 0) is 16.0 Å². The first-order chi connectivity index (χ1) is 9.52. The lowest BCUT2D eigenvalue weighted by Crippen LogP contribution is -2.25. The Morgan fingerprint density at radius 3 is 2.85 bits per heavy atom. The molecule has 1 aliphatic rings. The van der Waals surface area contributed by atoms with E-state index in [1.54, 1.807) is 6.92 Å². The number of esters is 1. The molecule has 0 fully saturated rings. The van der Waals surface area contributed by atoms with E-state index in [0.717, 1.165) is 19.4 Å². The molecule has 0 bridgehead atoms. The minimum absolute atomic E-state index is 0.000994. The molecule has 0 saturated heterocycles. The van der Waals surface area contributed by atoms with Crippen LogP contribution in [0.15, 0.2) is 18.2 Å². The largest absolute Gasteiger partial charge is 0.469 e. The lowest BCUT2D eigenvalue weighted by Gasteiger charge is -2.27. The van der Waals surface area contributed by atoms with Gasteiger partial charge in [0.05, 0.1) is 13.0 Å². The molecule has 1 aromatic rings. The number of rotatable bonds is 4. The normalized spacial score (nSPS) is 15.4. The molecule has 0 N–H and O–H groups in total. The van der Waals surface area contributed by atoms with Gasteiger partial charge in [0, 0.05) is 31.3 Å². The third-order valence-electron chi connectivity index (χ3n) is 3.85. The second-order valence-electron chi connectivity index (χ2n) is 5.42. The third-order valence-corrected chi connectivity index (χ3v) is 3.85. The number of methoxy groups -OCH3 is 1. The van der Waals surface area contributed by atoms with Crippen molar-refractivity contribution in [2.24, 2.45) is 5.92 Å². The summed E-state index contributed by atoms with van der Waals surface area (Å²) in [6, 6.07) is 5.83. The first kappa shape index (κ1) is 14.6. The molecule has 0 spiro atoms.